The number of carbonyl (C=O) groups excluding carboxylic acids is 3. The summed E-state index contributed by atoms with van der Waals surface area (Å²) in [7, 11) is 1.83. The van der Waals surface area contributed by atoms with E-state index in [1.165, 1.54) is 12.3 Å². The molecule has 0 saturated carbocycles. The first kappa shape index (κ1) is 24.1. The van der Waals surface area contributed by atoms with Gasteiger partial charge in [-0.15, -0.1) is 0 Å². The summed E-state index contributed by atoms with van der Waals surface area (Å²) in [6, 6.07) is 5.76. The molecule has 1 aliphatic rings. The summed E-state index contributed by atoms with van der Waals surface area (Å²) in [6.07, 6.45) is 4.25. The summed E-state index contributed by atoms with van der Waals surface area (Å²) in [5.41, 5.74) is 7.47. The van der Waals surface area contributed by atoms with Gasteiger partial charge < -0.3 is 21.3 Å². The van der Waals surface area contributed by atoms with Crippen LogP contribution in [0, 0.1) is 5.92 Å². The Kier molecular flexibility index (Phi) is 7.59. The molecule has 2 atom stereocenters. The number of hydrogen-bond donors (Lipinski definition) is 3. The van der Waals surface area contributed by atoms with Gasteiger partial charge in [-0.2, -0.15) is 0 Å². The first-order chi connectivity index (χ1) is 15.7. The Morgan fingerprint density at radius 3 is 2.76 bits per heavy atom. The van der Waals surface area contributed by atoms with E-state index in [0.717, 1.165) is 33.8 Å². The molecule has 2 aromatic rings. The van der Waals surface area contributed by atoms with Crippen LogP contribution in [0.1, 0.15) is 38.3 Å². The summed E-state index contributed by atoms with van der Waals surface area (Å²) in [5.74, 6) is -1.84. The molecule has 0 spiro atoms. The summed E-state index contributed by atoms with van der Waals surface area (Å²) < 4.78 is 1.05. The number of piperidine rings is 1. The van der Waals surface area contributed by atoms with Crippen LogP contribution in [0.5, 0.6) is 0 Å². The maximum absolute atomic E-state index is 13.2. The van der Waals surface area contributed by atoms with Crippen LogP contribution in [-0.4, -0.2) is 47.9 Å². The summed E-state index contributed by atoms with van der Waals surface area (Å²) >= 11 is 1.56. The Balaban J connectivity index is 1.83. The van der Waals surface area contributed by atoms with Gasteiger partial charge in [0.2, 0.25) is 5.91 Å². The Hall–Kier alpha value is -3.53. The lowest BCUT2D eigenvalue weighted by Gasteiger charge is -2.38. The Morgan fingerprint density at radius 1 is 1.33 bits per heavy atom. The van der Waals surface area contributed by atoms with Gasteiger partial charge >= 0.3 is 11.8 Å². The highest BCUT2D eigenvalue weighted by atomic mass is 32.1. The molecular weight excluding hydrogens is 440 g/mol. The number of likely N-dealkylation sites (tertiary alicyclic amines) is 1. The van der Waals surface area contributed by atoms with Gasteiger partial charge in [0.05, 0.1) is 21.8 Å². The number of aliphatic imine (C=N–C) groups is 1. The van der Waals surface area contributed by atoms with Gasteiger partial charge in [0.15, 0.2) is 5.13 Å². The fraction of sp³-hybridized carbons (Fsp3) is 0.348. The van der Waals surface area contributed by atoms with Gasteiger partial charge in [0.1, 0.15) is 0 Å². The molecule has 0 unspecified atom stereocenters. The van der Waals surface area contributed by atoms with Crippen molar-refractivity contribution in [2.24, 2.45) is 16.6 Å². The molecular formula is C23H28N6O3S. The fourth-order valence-corrected chi connectivity index (χ4v) is 4.68. The molecule has 9 nitrogen and oxygen atoms in total. The van der Waals surface area contributed by atoms with Gasteiger partial charge in [-0.25, -0.2) is 4.98 Å². The van der Waals surface area contributed by atoms with E-state index in [4.69, 9.17) is 5.73 Å². The lowest BCUT2D eigenvalue weighted by Crippen LogP contribution is -2.48. The Bertz CT molecular complexity index is 1150. The molecule has 33 heavy (non-hydrogen) atoms. The fourth-order valence-electron chi connectivity index (χ4n) is 3.88. The van der Waals surface area contributed by atoms with Gasteiger partial charge in [0.25, 0.3) is 0 Å². The molecule has 4 N–H and O–H groups in total. The number of allylic oxidation sites excluding steroid dienone is 1. The average Bonchev–Trinajstić information content (AvgIpc) is 3.20. The minimum absolute atomic E-state index is 0.0669. The molecule has 2 heterocycles. The van der Waals surface area contributed by atoms with Crippen molar-refractivity contribution in [3.8, 4) is 0 Å². The zero-order valence-electron chi connectivity index (χ0n) is 18.9. The highest BCUT2D eigenvalue weighted by molar-refractivity contribution is 7.22. The summed E-state index contributed by atoms with van der Waals surface area (Å²) in [4.78, 5) is 47.1. The van der Waals surface area contributed by atoms with Crippen LogP contribution in [0.3, 0.4) is 0 Å². The molecule has 174 valence electrons. The number of rotatable bonds is 6. The second kappa shape index (κ2) is 10.4. The molecule has 0 bridgehead atoms. The van der Waals surface area contributed by atoms with E-state index >= 15 is 0 Å². The van der Waals surface area contributed by atoms with Crippen molar-refractivity contribution >= 4 is 51.1 Å². The SMILES string of the molecule is C=N/C=C(\C=C(/C)NC(=O)C(=O)N1C[C@H](C)CC[C@H]1c1ccc2sc(NC)nc2c1)C(N)=O. The predicted octanol–water partition coefficient (Wildman–Crippen LogP) is 2.73. The third-order valence-corrected chi connectivity index (χ3v) is 6.53. The monoisotopic (exact) mass is 468 g/mol. The van der Waals surface area contributed by atoms with E-state index in [1.807, 2.05) is 25.2 Å². The number of thiazole rings is 1. The minimum Gasteiger partial charge on any atom is -0.366 e. The van der Waals surface area contributed by atoms with Crippen LogP contribution >= 0.6 is 11.3 Å². The van der Waals surface area contributed by atoms with Crippen molar-refractivity contribution in [2.45, 2.75) is 32.7 Å². The molecule has 1 aromatic heterocycles. The highest BCUT2D eigenvalue weighted by Gasteiger charge is 2.34. The minimum atomic E-state index is -0.773. The smallest absolute Gasteiger partial charge is 0.313 e. The zero-order valence-corrected chi connectivity index (χ0v) is 19.7. The van der Waals surface area contributed by atoms with E-state index in [2.05, 4.69) is 34.3 Å². The van der Waals surface area contributed by atoms with E-state index < -0.39 is 17.7 Å². The van der Waals surface area contributed by atoms with E-state index in [9.17, 15) is 14.4 Å². The largest absolute Gasteiger partial charge is 0.366 e. The number of anilines is 1. The second-order valence-corrected chi connectivity index (χ2v) is 9.10. The summed E-state index contributed by atoms with van der Waals surface area (Å²) in [6.45, 7) is 7.40. The number of aromatic nitrogens is 1. The van der Waals surface area contributed by atoms with Crippen LogP contribution in [-0.2, 0) is 14.4 Å². The molecule has 3 amide bonds. The number of amides is 3. The van der Waals surface area contributed by atoms with Crippen molar-refractivity contribution in [1.29, 1.82) is 0 Å². The predicted molar refractivity (Wildman–Crippen MR) is 131 cm³/mol. The lowest BCUT2D eigenvalue weighted by molar-refractivity contribution is -0.148. The van der Waals surface area contributed by atoms with Gasteiger partial charge in [-0.1, -0.05) is 24.3 Å². The number of fused-ring (bicyclic) bond motifs is 1. The van der Waals surface area contributed by atoms with Crippen molar-refractivity contribution in [1.82, 2.24) is 15.2 Å². The van der Waals surface area contributed by atoms with E-state index in [1.54, 1.807) is 23.2 Å². The van der Waals surface area contributed by atoms with Gasteiger partial charge in [-0.3, -0.25) is 19.4 Å². The van der Waals surface area contributed by atoms with Crippen LogP contribution in [0.25, 0.3) is 10.2 Å². The second-order valence-electron chi connectivity index (χ2n) is 8.06. The summed E-state index contributed by atoms with van der Waals surface area (Å²) in [5, 5.41) is 6.43. The average molecular weight is 469 g/mol. The molecule has 1 fully saturated rings. The van der Waals surface area contributed by atoms with E-state index in [0.29, 0.717) is 12.2 Å². The topological polar surface area (TPSA) is 130 Å². The van der Waals surface area contributed by atoms with Crippen LogP contribution < -0.4 is 16.4 Å². The third-order valence-electron chi connectivity index (χ3n) is 5.48. The number of nitrogens with two attached hydrogens (primary N) is 1. The number of benzene rings is 1. The highest BCUT2D eigenvalue weighted by Crippen LogP contribution is 2.36. The Morgan fingerprint density at radius 2 is 2.09 bits per heavy atom. The van der Waals surface area contributed by atoms with E-state index in [-0.39, 0.29) is 17.5 Å². The molecule has 3 rings (SSSR count). The molecule has 1 saturated heterocycles. The van der Waals surface area contributed by atoms with Crippen LogP contribution in [0.2, 0.25) is 0 Å². The number of nitrogens with zero attached hydrogens (tertiary/aromatic N) is 3. The Labute approximate surface area is 196 Å². The van der Waals surface area contributed by atoms with Crippen molar-refractivity contribution < 1.29 is 14.4 Å². The van der Waals surface area contributed by atoms with Crippen LogP contribution in [0.15, 0.2) is 46.7 Å². The molecule has 1 aliphatic heterocycles. The lowest BCUT2D eigenvalue weighted by atomic mass is 9.89. The maximum Gasteiger partial charge on any atom is 0.313 e. The van der Waals surface area contributed by atoms with Gasteiger partial charge in [0, 0.05) is 25.5 Å². The van der Waals surface area contributed by atoms with Crippen molar-refractivity contribution in [3.63, 3.8) is 0 Å². The maximum atomic E-state index is 13.2. The van der Waals surface area contributed by atoms with Gasteiger partial charge in [-0.05, 0) is 56.2 Å². The number of carbonyl (C=O) groups is 3. The van der Waals surface area contributed by atoms with Crippen molar-refractivity contribution in [2.75, 3.05) is 18.9 Å². The van der Waals surface area contributed by atoms with Crippen molar-refractivity contribution in [3.05, 3.63) is 47.3 Å². The first-order valence-corrected chi connectivity index (χ1v) is 11.4. The molecule has 0 aliphatic carbocycles. The molecule has 10 heteroatoms. The quantitative estimate of drug-likeness (QED) is 0.260. The zero-order chi connectivity index (χ0) is 24.1. The number of primary amides is 1. The normalized spacial score (nSPS) is 19.3. The number of nitrogens with one attached hydrogen (secondary N) is 2. The molecule has 0 radical (unpaired) electrons. The third kappa shape index (κ3) is 5.64. The standard InChI is InChI=1S/C23H28N6O3S/c1-13-5-7-18(15-6-8-19-17(10-15)28-23(26-4)33-19)29(12-13)22(32)21(31)27-14(2)9-16(11-25-3)20(24)30/h6,8-11,13,18H,3,5,7,12H2,1-2,4H3,(H2,24,30)(H,26,28)(H,27,31)/b14-9+,16-11+/t13-,18+/m1/s1. The molecule has 1 aromatic carbocycles. The first-order valence-electron chi connectivity index (χ1n) is 10.6. The number of hydrogen-bond acceptors (Lipinski definition) is 7. The van der Waals surface area contributed by atoms with Crippen LogP contribution in [0.4, 0.5) is 5.13 Å².